The number of carbonyl (C=O) groups excluding carboxylic acids is 1. The zero-order valence-electron chi connectivity index (χ0n) is 14.7. The highest BCUT2D eigenvalue weighted by molar-refractivity contribution is 6.28. The normalized spacial score (nSPS) is 25.4. The summed E-state index contributed by atoms with van der Waals surface area (Å²) in [5, 5.41) is 4.30. The van der Waals surface area contributed by atoms with Crippen LogP contribution in [-0.2, 0) is 24.2 Å². The Morgan fingerprint density at radius 3 is 2.72 bits per heavy atom. The third-order valence-electron chi connectivity index (χ3n) is 6.07. The van der Waals surface area contributed by atoms with Gasteiger partial charge in [-0.15, -0.1) is 0 Å². The summed E-state index contributed by atoms with van der Waals surface area (Å²) in [6.45, 7) is 3.42. The number of rotatable bonds is 4. The van der Waals surface area contributed by atoms with Gasteiger partial charge in [-0.3, -0.25) is 9.69 Å². The van der Waals surface area contributed by atoms with E-state index in [1.807, 2.05) is 0 Å². The van der Waals surface area contributed by atoms with Gasteiger partial charge in [0, 0.05) is 23.9 Å². The van der Waals surface area contributed by atoms with E-state index in [1.165, 1.54) is 62.0 Å². The van der Waals surface area contributed by atoms with E-state index in [0.29, 0.717) is 5.92 Å². The van der Waals surface area contributed by atoms with Gasteiger partial charge in [-0.05, 0) is 81.7 Å². The molecule has 4 aliphatic rings. The topological polar surface area (TPSA) is 60.5 Å². The van der Waals surface area contributed by atoms with Crippen LogP contribution >= 0.6 is 0 Å². The molecule has 1 aromatic rings. The van der Waals surface area contributed by atoms with Crippen LogP contribution in [0.4, 0.5) is 0 Å². The number of aryl methyl sites for hydroxylation is 1. The Labute approximate surface area is 148 Å². The molecule has 0 radical (unpaired) electrons. The average Bonchev–Trinajstić information content (AvgIpc) is 3.06. The summed E-state index contributed by atoms with van der Waals surface area (Å²) in [7, 11) is 0. The molecule has 1 aromatic heterocycles. The van der Waals surface area contributed by atoms with Gasteiger partial charge in [0.15, 0.2) is 0 Å². The Morgan fingerprint density at radius 1 is 1.12 bits per heavy atom. The van der Waals surface area contributed by atoms with E-state index in [-0.39, 0.29) is 5.91 Å². The molecule has 0 spiro atoms. The molecule has 3 heterocycles. The third-order valence-corrected chi connectivity index (χ3v) is 6.07. The van der Waals surface area contributed by atoms with Crippen molar-refractivity contribution in [3.8, 4) is 0 Å². The molecule has 0 bridgehead atoms. The molecule has 0 unspecified atom stereocenters. The summed E-state index contributed by atoms with van der Waals surface area (Å²) < 4.78 is 0. The first kappa shape index (κ1) is 15.4. The molecule has 132 valence electrons. The molecule has 0 aromatic carbocycles. The molecular weight excluding hydrogens is 312 g/mol. The monoisotopic (exact) mass is 338 g/mol. The molecule has 1 saturated heterocycles. The summed E-state index contributed by atoms with van der Waals surface area (Å²) in [6, 6.07) is 0. The zero-order valence-corrected chi connectivity index (χ0v) is 14.7. The molecule has 2 aliphatic carbocycles. The van der Waals surface area contributed by atoms with E-state index >= 15 is 0 Å². The molecule has 5 rings (SSSR count). The van der Waals surface area contributed by atoms with E-state index in [0.717, 1.165) is 42.8 Å². The number of nitrogens with zero attached hydrogens (tertiary/aromatic N) is 2. The molecule has 2 aliphatic heterocycles. The van der Waals surface area contributed by atoms with Gasteiger partial charge in [0.2, 0.25) is 0 Å². The molecule has 25 heavy (non-hydrogen) atoms. The third kappa shape index (κ3) is 2.84. The standard InChI is InChI=1S/C20H26N4O/c25-20-15(19(22-23-20)13-7-8-13)11-18-16(12-24-9-3-4-10-24)14-5-1-2-6-17(14)21-18/h11,13,21H,1-10,12H2,(H,23,25)/b15-11-. The highest BCUT2D eigenvalue weighted by Crippen LogP contribution is 2.36. The van der Waals surface area contributed by atoms with Crippen LogP contribution < -0.4 is 5.43 Å². The minimum atomic E-state index is -0.0402. The van der Waals surface area contributed by atoms with Crippen molar-refractivity contribution in [3.05, 3.63) is 28.1 Å². The summed E-state index contributed by atoms with van der Waals surface area (Å²) >= 11 is 0. The number of amides is 1. The van der Waals surface area contributed by atoms with Gasteiger partial charge < -0.3 is 4.98 Å². The molecule has 1 saturated carbocycles. The van der Waals surface area contributed by atoms with E-state index in [2.05, 4.69) is 26.5 Å². The predicted molar refractivity (Wildman–Crippen MR) is 98.2 cm³/mol. The van der Waals surface area contributed by atoms with Gasteiger partial charge in [0.05, 0.1) is 11.3 Å². The molecule has 2 fully saturated rings. The van der Waals surface area contributed by atoms with Crippen molar-refractivity contribution in [2.24, 2.45) is 11.0 Å². The van der Waals surface area contributed by atoms with E-state index in [9.17, 15) is 4.79 Å². The number of aromatic nitrogens is 1. The number of hydrogen-bond donors (Lipinski definition) is 2. The van der Waals surface area contributed by atoms with Gasteiger partial charge >= 0.3 is 0 Å². The Balaban J connectivity index is 1.53. The fraction of sp³-hybridized carbons (Fsp3) is 0.600. The number of hydrazone groups is 1. The van der Waals surface area contributed by atoms with Crippen molar-refractivity contribution >= 4 is 17.7 Å². The zero-order chi connectivity index (χ0) is 16.8. The van der Waals surface area contributed by atoms with Crippen molar-refractivity contribution in [1.82, 2.24) is 15.3 Å². The number of likely N-dealkylation sites (tertiary alicyclic amines) is 1. The SMILES string of the molecule is O=C1NN=C(C2CC2)/C1=C/c1[nH]c2c(c1CN1CCCC1)CCCC2. The van der Waals surface area contributed by atoms with Crippen LogP contribution in [0.25, 0.3) is 6.08 Å². The second-order valence-electron chi connectivity index (χ2n) is 7.93. The lowest BCUT2D eigenvalue weighted by atomic mass is 9.93. The average molecular weight is 338 g/mol. The van der Waals surface area contributed by atoms with Crippen molar-refractivity contribution < 1.29 is 4.79 Å². The first-order valence-corrected chi connectivity index (χ1v) is 9.84. The maximum Gasteiger partial charge on any atom is 0.273 e. The first-order chi connectivity index (χ1) is 12.3. The van der Waals surface area contributed by atoms with Crippen LogP contribution in [0, 0.1) is 5.92 Å². The Bertz CT molecular complexity index is 763. The smallest absolute Gasteiger partial charge is 0.273 e. The van der Waals surface area contributed by atoms with E-state index < -0.39 is 0 Å². The number of nitrogens with one attached hydrogen (secondary N) is 2. The molecule has 5 heteroatoms. The maximum absolute atomic E-state index is 12.3. The van der Waals surface area contributed by atoms with Crippen LogP contribution in [0.3, 0.4) is 0 Å². The highest BCUT2D eigenvalue weighted by atomic mass is 16.2. The number of fused-ring (bicyclic) bond motifs is 1. The lowest BCUT2D eigenvalue weighted by molar-refractivity contribution is -0.116. The van der Waals surface area contributed by atoms with Crippen molar-refractivity contribution in [2.75, 3.05) is 13.1 Å². The quantitative estimate of drug-likeness (QED) is 0.829. The largest absolute Gasteiger partial charge is 0.358 e. The lowest BCUT2D eigenvalue weighted by Crippen LogP contribution is -2.20. The fourth-order valence-electron chi connectivity index (χ4n) is 4.54. The molecule has 0 atom stereocenters. The van der Waals surface area contributed by atoms with Crippen LogP contribution in [-0.4, -0.2) is 34.6 Å². The van der Waals surface area contributed by atoms with Crippen LogP contribution in [0.2, 0.25) is 0 Å². The summed E-state index contributed by atoms with van der Waals surface area (Å²) in [5.41, 5.74) is 9.93. The Morgan fingerprint density at radius 2 is 1.92 bits per heavy atom. The minimum absolute atomic E-state index is 0.0402. The van der Waals surface area contributed by atoms with Gasteiger partial charge in [0.25, 0.3) is 5.91 Å². The Hall–Kier alpha value is -1.88. The van der Waals surface area contributed by atoms with Gasteiger partial charge in [-0.2, -0.15) is 5.10 Å². The van der Waals surface area contributed by atoms with Gasteiger partial charge in [0.1, 0.15) is 0 Å². The second-order valence-corrected chi connectivity index (χ2v) is 7.93. The molecule has 2 N–H and O–H groups in total. The first-order valence-electron chi connectivity index (χ1n) is 9.84. The van der Waals surface area contributed by atoms with Gasteiger partial charge in [-0.1, -0.05) is 0 Å². The van der Waals surface area contributed by atoms with Crippen molar-refractivity contribution in [3.63, 3.8) is 0 Å². The minimum Gasteiger partial charge on any atom is -0.358 e. The molecule has 5 nitrogen and oxygen atoms in total. The summed E-state index contributed by atoms with van der Waals surface area (Å²) in [6.07, 6.45) is 11.9. The number of H-pyrrole nitrogens is 1. The predicted octanol–water partition coefficient (Wildman–Crippen LogP) is 2.77. The lowest BCUT2D eigenvalue weighted by Gasteiger charge is -2.18. The van der Waals surface area contributed by atoms with Crippen molar-refractivity contribution in [2.45, 2.75) is 57.9 Å². The van der Waals surface area contributed by atoms with E-state index in [4.69, 9.17) is 0 Å². The van der Waals surface area contributed by atoms with Crippen LogP contribution in [0.5, 0.6) is 0 Å². The van der Waals surface area contributed by atoms with E-state index in [1.54, 1.807) is 0 Å². The highest BCUT2D eigenvalue weighted by Gasteiger charge is 2.36. The van der Waals surface area contributed by atoms with Crippen molar-refractivity contribution in [1.29, 1.82) is 0 Å². The van der Waals surface area contributed by atoms with Crippen LogP contribution in [0.15, 0.2) is 10.7 Å². The number of hydrogen-bond acceptors (Lipinski definition) is 3. The fourth-order valence-corrected chi connectivity index (χ4v) is 4.54. The number of carbonyl (C=O) groups is 1. The molecule has 1 amide bonds. The molecular formula is C20H26N4O. The van der Waals surface area contributed by atoms with Gasteiger partial charge in [-0.25, -0.2) is 5.43 Å². The Kier molecular flexibility index (Phi) is 3.77. The summed E-state index contributed by atoms with van der Waals surface area (Å²) in [5.74, 6) is 0.443. The maximum atomic E-state index is 12.3. The number of aromatic amines is 1. The van der Waals surface area contributed by atoms with Crippen LogP contribution in [0.1, 0.15) is 61.0 Å². The second kappa shape index (κ2) is 6.13. The summed E-state index contributed by atoms with van der Waals surface area (Å²) in [4.78, 5) is 18.5.